The zero-order valence-electron chi connectivity index (χ0n) is 10.9. The lowest BCUT2D eigenvalue weighted by atomic mass is 9.95. The Morgan fingerprint density at radius 3 is 2.50 bits per heavy atom. The highest BCUT2D eigenvalue weighted by Crippen LogP contribution is 2.19. The average Bonchev–Trinajstić information content (AvgIpc) is 2.46. The molecule has 0 heterocycles. The maximum Gasteiger partial charge on any atom is 0.0208 e. The van der Waals surface area contributed by atoms with Gasteiger partial charge in [-0.15, -0.1) is 0 Å². The van der Waals surface area contributed by atoms with Gasteiger partial charge in [0.2, 0.25) is 0 Å². The highest BCUT2D eigenvalue weighted by molar-refractivity contribution is 5.82. The van der Waals surface area contributed by atoms with Gasteiger partial charge in [0, 0.05) is 12.6 Å². The molecular formula is C17H21N. The van der Waals surface area contributed by atoms with Gasteiger partial charge in [-0.2, -0.15) is 0 Å². The Bertz CT molecular complexity index is 512. The Hall–Kier alpha value is -1.34. The molecule has 1 nitrogen and oxygen atoms in total. The Kier molecular flexibility index (Phi) is 3.61. The normalized spacial score (nSPS) is 17.1. The van der Waals surface area contributed by atoms with Crippen molar-refractivity contribution in [2.45, 2.75) is 44.7 Å². The quantitative estimate of drug-likeness (QED) is 0.843. The first-order valence-electron chi connectivity index (χ1n) is 7.13. The van der Waals surface area contributed by atoms with Crippen molar-refractivity contribution in [3.05, 3.63) is 48.0 Å². The van der Waals surface area contributed by atoms with E-state index in [9.17, 15) is 0 Å². The maximum absolute atomic E-state index is 3.70. The molecule has 3 rings (SSSR count). The lowest BCUT2D eigenvalue weighted by Gasteiger charge is -2.22. The SMILES string of the molecule is c1ccc2cc(CNC3CCCCC3)ccc2c1. The molecule has 0 bridgehead atoms. The van der Waals surface area contributed by atoms with Crippen LogP contribution in [-0.2, 0) is 6.54 Å². The summed E-state index contributed by atoms with van der Waals surface area (Å²) < 4.78 is 0. The molecular weight excluding hydrogens is 218 g/mol. The molecule has 1 heteroatoms. The van der Waals surface area contributed by atoms with Gasteiger partial charge in [-0.3, -0.25) is 0 Å². The van der Waals surface area contributed by atoms with Crippen LogP contribution in [0.4, 0.5) is 0 Å². The minimum absolute atomic E-state index is 0.741. The molecule has 0 atom stereocenters. The van der Waals surface area contributed by atoms with Crippen molar-refractivity contribution in [3.63, 3.8) is 0 Å². The van der Waals surface area contributed by atoms with Crippen LogP contribution in [0.2, 0.25) is 0 Å². The summed E-state index contributed by atoms with van der Waals surface area (Å²) in [7, 11) is 0. The first-order valence-corrected chi connectivity index (χ1v) is 7.13. The summed E-state index contributed by atoms with van der Waals surface area (Å²) >= 11 is 0. The van der Waals surface area contributed by atoms with Gasteiger partial charge >= 0.3 is 0 Å². The highest BCUT2D eigenvalue weighted by Gasteiger charge is 2.12. The molecule has 1 aliphatic carbocycles. The van der Waals surface area contributed by atoms with E-state index in [0.29, 0.717) is 0 Å². The van der Waals surface area contributed by atoms with Crippen LogP contribution >= 0.6 is 0 Å². The first-order chi connectivity index (χ1) is 8.92. The summed E-state index contributed by atoms with van der Waals surface area (Å²) in [6.45, 7) is 1.01. The third-order valence-corrected chi connectivity index (χ3v) is 4.01. The Morgan fingerprint density at radius 2 is 1.67 bits per heavy atom. The summed E-state index contributed by atoms with van der Waals surface area (Å²) in [5.41, 5.74) is 1.40. The Morgan fingerprint density at radius 1 is 0.889 bits per heavy atom. The van der Waals surface area contributed by atoms with Gasteiger partial charge in [0.15, 0.2) is 0 Å². The van der Waals surface area contributed by atoms with Crippen molar-refractivity contribution in [3.8, 4) is 0 Å². The number of rotatable bonds is 3. The fourth-order valence-electron chi connectivity index (χ4n) is 2.92. The molecule has 94 valence electrons. The molecule has 2 aromatic carbocycles. The molecule has 1 N–H and O–H groups in total. The van der Waals surface area contributed by atoms with Gasteiger partial charge in [0.05, 0.1) is 0 Å². The van der Waals surface area contributed by atoms with Gasteiger partial charge in [-0.25, -0.2) is 0 Å². The van der Waals surface area contributed by atoms with Gasteiger partial charge in [0.1, 0.15) is 0 Å². The van der Waals surface area contributed by atoms with Crippen LogP contribution in [0, 0.1) is 0 Å². The van der Waals surface area contributed by atoms with Crippen LogP contribution in [0.1, 0.15) is 37.7 Å². The molecule has 1 aliphatic rings. The second-order valence-electron chi connectivity index (χ2n) is 5.40. The summed E-state index contributed by atoms with van der Waals surface area (Å²) in [4.78, 5) is 0. The van der Waals surface area contributed by atoms with Crippen molar-refractivity contribution >= 4 is 10.8 Å². The zero-order valence-corrected chi connectivity index (χ0v) is 10.9. The van der Waals surface area contributed by atoms with Gasteiger partial charge in [-0.1, -0.05) is 55.7 Å². The number of hydrogen-bond acceptors (Lipinski definition) is 1. The van der Waals surface area contributed by atoms with Crippen molar-refractivity contribution in [1.82, 2.24) is 5.32 Å². The van der Waals surface area contributed by atoms with Crippen molar-refractivity contribution in [2.24, 2.45) is 0 Å². The molecule has 0 aromatic heterocycles. The molecule has 2 aromatic rings. The van der Waals surface area contributed by atoms with Crippen LogP contribution in [0.3, 0.4) is 0 Å². The van der Waals surface area contributed by atoms with E-state index in [0.717, 1.165) is 12.6 Å². The van der Waals surface area contributed by atoms with E-state index in [1.807, 2.05) is 0 Å². The fraction of sp³-hybridized carbons (Fsp3) is 0.412. The summed E-state index contributed by atoms with van der Waals surface area (Å²) in [5, 5.41) is 6.38. The zero-order chi connectivity index (χ0) is 12.2. The minimum Gasteiger partial charge on any atom is -0.310 e. The monoisotopic (exact) mass is 239 g/mol. The molecule has 0 radical (unpaired) electrons. The number of benzene rings is 2. The van der Waals surface area contributed by atoms with Crippen LogP contribution in [-0.4, -0.2) is 6.04 Å². The summed E-state index contributed by atoms with van der Waals surface area (Å²) in [6.07, 6.45) is 6.93. The number of hydrogen-bond donors (Lipinski definition) is 1. The smallest absolute Gasteiger partial charge is 0.0208 e. The third-order valence-electron chi connectivity index (χ3n) is 4.01. The van der Waals surface area contributed by atoms with Gasteiger partial charge in [0.25, 0.3) is 0 Å². The lowest BCUT2D eigenvalue weighted by molar-refractivity contribution is 0.372. The molecule has 18 heavy (non-hydrogen) atoms. The van der Waals surface area contributed by atoms with Crippen LogP contribution in [0.15, 0.2) is 42.5 Å². The van der Waals surface area contributed by atoms with Crippen molar-refractivity contribution < 1.29 is 0 Å². The third kappa shape index (κ3) is 2.73. The maximum atomic E-state index is 3.70. The van der Waals surface area contributed by atoms with Crippen molar-refractivity contribution in [2.75, 3.05) is 0 Å². The van der Waals surface area contributed by atoms with E-state index in [4.69, 9.17) is 0 Å². The van der Waals surface area contributed by atoms with E-state index < -0.39 is 0 Å². The Labute approximate surface area is 109 Å². The van der Waals surface area contributed by atoms with Gasteiger partial charge in [-0.05, 0) is 35.2 Å². The fourth-order valence-corrected chi connectivity index (χ4v) is 2.92. The average molecular weight is 239 g/mol. The molecule has 1 saturated carbocycles. The van der Waals surface area contributed by atoms with Crippen LogP contribution in [0.25, 0.3) is 10.8 Å². The summed E-state index contributed by atoms with van der Waals surface area (Å²) in [5.74, 6) is 0. The van der Waals surface area contributed by atoms with E-state index in [2.05, 4.69) is 47.8 Å². The second-order valence-corrected chi connectivity index (χ2v) is 5.40. The van der Waals surface area contributed by atoms with E-state index >= 15 is 0 Å². The van der Waals surface area contributed by atoms with E-state index in [1.165, 1.54) is 48.4 Å². The lowest BCUT2D eigenvalue weighted by Crippen LogP contribution is -2.30. The van der Waals surface area contributed by atoms with Crippen LogP contribution < -0.4 is 5.32 Å². The number of fused-ring (bicyclic) bond motifs is 1. The standard InChI is InChI=1S/C17H21N/c1-2-8-17(9-3-1)18-13-14-10-11-15-6-4-5-7-16(15)12-14/h4-7,10-12,17-18H,1-3,8-9,13H2. The predicted octanol–water partition coefficient (Wildman–Crippen LogP) is 4.26. The largest absolute Gasteiger partial charge is 0.310 e. The Balaban J connectivity index is 1.66. The molecule has 0 spiro atoms. The minimum atomic E-state index is 0.741. The first kappa shape index (κ1) is 11.7. The van der Waals surface area contributed by atoms with Crippen molar-refractivity contribution in [1.29, 1.82) is 0 Å². The number of nitrogens with one attached hydrogen (secondary N) is 1. The molecule has 1 fully saturated rings. The topological polar surface area (TPSA) is 12.0 Å². The molecule has 0 amide bonds. The molecule has 0 aliphatic heterocycles. The van der Waals surface area contributed by atoms with Crippen LogP contribution in [0.5, 0.6) is 0 Å². The van der Waals surface area contributed by atoms with E-state index in [1.54, 1.807) is 0 Å². The molecule has 0 unspecified atom stereocenters. The second kappa shape index (κ2) is 5.53. The highest BCUT2D eigenvalue weighted by atomic mass is 14.9. The van der Waals surface area contributed by atoms with Gasteiger partial charge < -0.3 is 5.32 Å². The van der Waals surface area contributed by atoms with E-state index in [-0.39, 0.29) is 0 Å². The predicted molar refractivity (Wildman–Crippen MR) is 77.7 cm³/mol. The summed E-state index contributed by atoms with van der Waals surface area (Å²) in [6, 6.07) is 16.1. The molecule has 0 saturated heterocycles.